The summed E-state index contributed by atoms with van der Waals surface area (Å²) < 4.78 is 0. The molecule has 3 rings (SSSR count). The number of amides is 2. The van der Waals surface area contributed by atoms with E-state index in [4.69, 9.17) is 0 Å². The monoisotopic (exact) mass is 298 g/mol. The first kappa shape index (κ1) is 14.0. The van der Waals surface area contributed by atoms with E-state index in [1.165, 1.54) is 0 Å². The Kier molecular flexibility index (Phi) is 3.60. The van der Waals surface area contributed by atoms with Gasteiger partial charge in [0.25, 0.3) is 0 Å². The van der Waals surface area contributed by atoms with Gasteiger partial charge in [-0.3, -0.25) is 4.90 Å². The Balaban J connectivity index is 1.77. The normalized spacial score (nSPS) is 37.5. The summed E-state index contributed by atoms with van der Waals surface area (Å²) in [4.78, 5) is 27.7. The summed E-state index contributed by atoms with van der Waals surface area (Å²) in [5, 5.41) is 9.45. The highest BCUT2D eigenvalue weighted by molar-refractivity contribution is 8.00. The molecule has 0 radical (unpaired) electrons. The van der Waals surface area contributed by atoms with Crippen molar-refractivity contribution in [2.45, 2.75) is 38.1 Å². The molecule has 3 fully saturated rings. The lowest BCUT2D eigenvalue weighted by Gasteiger charge is -2.31. The largest absolute Gasteiger partial charge is 0.480 e. The van der Waals surface area contributed by atoms with Crippen molar-refractivity contribution in [2.75, 3.05) is 18.8 Å². The lowest BCUT2D eigenvalue weighted by molar-refractivity contribution is -0.141. The molecule has 4 atom stereocenters. The van der Waals surface area contributed by atoms with Gasteiger partial charge in [-0.15, -0.1) is 11.8 Å². The van der Waals surface area contributed by atoms with Gasteiger partial charge in [-0.25, -0.2) is 9.59 Å². The number of urea groups is 1. The van der Waals surface area contributed by atoms with Crippen LogP contribution in [0.1, 0.15) is 26.7 Å². The van der Waals surface area contributed by atoms with Crippen molar-refractivity contribution in [2.24, 2.45) is 17.8 Å². The second-order valence-corrected chi connectivity index (χ2v) is 7.61. The van der Waals surface area contributed by atoms with Crippen LogP contribution in [0.2, 0.25) is 0 Å². The molecule has 1 aliphatic carbocycles. The predicted octanol–water partition coefficient (Wildman–Crippen LogP) is 1.93. The minimum absolute atomic E-state index is 0.0597. The van der Waals surface area contributed by atoms with Crippen molar-refractivity contribution in [3.63, 3.8) is 0 Å². The molecule has 112 valence electrons. The highest BCUT2D eigenvalue weighted by atomic mass is 32.2. The fourth-order valence-corrected chi connectivity index (χ4v) is 4.78. The van der Waals surface area contributed by atoms with Gasteiger partial charge >= 0.3 is 12.0 Å². The molecule has 2 amide bonds. The first-order valence-corrected chi connectivity index (χ1v) is 8.45. The SMILES string of the molecule is CC1CN(C(=O)N2C(C(=O)O)CSC2C2CC2)CC1C. The second kappa shape index (κ2) is 5.13. The van der Waals surface area contributed by atoms with Gasteiger partial charge in [0.2, 0.25) is 0 Å². The van der Waals surface area contributed by atoms with Crippen LogP contribution in [0.25, 0.3) is 0 Å². The average molecular weight is 298 g/mol. The minimum atomic E-state index is -0.866. The molecule has 2 heterocycles. The van der Waals surface area contributed by atoms with Crippen LogP contribution in [-0.4, -0.2) is 57.2 Å². The van der Waals surface area contributed by atoms with Gasteiger partial charge in [0.1, 0.15) is 6.04 Å². The van der Waals surface area contributed by atoms with Gasteiger partial charge in [0, 0.05) is 18.8 Å². The summed E-state index contributed by atoms with van der Waals surface area (Å²) in [7, 11) is 0. The molecule has 4 unspecified atom stereocenters. The lowest BCUT2D eigenvalue weighted by atomic mass is 10.0. The summed E-state index contributed by atoms with van der Waals surface area (Å²) >= 11 is 1.64. The second-order valence-electron chi connectivity index (χ2n) is 6.46. The van der Waals surface area contributed by atoms with Gasteiger partial charge in [0.15, 0.2) is 0 Å². The molecule has 0 aromatic rings. The number of hydrogen-bond acceptors (Lipinski definition) is 3. The maximum Gasteiger partial charge on any atom is 0.327 e. The Hall–Kier alpha value is -0.910. The zero-order valence-electron chi connectivity index (χ0n) is 12.0. The molecule has 2 aliphatic heterocycles. The molecule has 6 heteroatoms. The van der Waals surface area contributed by atoms with Gasteiger partial charge < -0.3 is 10.0 Å². The van der Waals surface area contributed by atoms with Crippen LogP contribution in [0.4, 0.5) is 4.79 Å². The van der Waals surface area contributed by atoms with E-state index in [-0.39, 0.29) is 11.4 Å². The highest BCUT2D eigenvalue weighted by Crippen LogP contribution is 2.46. The molecule has 0 aromatic heterocycles. The van der Waals surface area contributed by atoms with E-state index < -0.39 is 12.0 Å². The van der Waals surface area contributed by atoms with Crippen molar-refractivity contribution in [3.8, 4) is 0 Å². The smallest absolute Gasteiger partial charge is 0.327 e. The van der Waals surface area contributed by atoms with Gasteiger partial charge in [0.05, 0.1) is 5.37 Å². The maximum absolute atomic E-state index is 12.8. The van der Waals surface area contributed by atoms with E-state index in [9.17, 15) is 14.7 Å². The van der Waals surface area contributed by atoms with E-state index in [0.717, 1.165) is 25.9 Å². The van der Waals surface area contributed by atoms with E-state index in [0.29, 0.717) is 23.5 Å². The van der Waals surface area contributed by atoms with Crippen LogP contribution in [0.15, 0.2) is 0 Å². The van der Waals surface area contributed by atoms with Crippen LogP contribution in [0.3, 0.4) is 0 Å². The number of aliphatic carboxylic acids is 1. The van der Waals surface area contributed by atoms with Crippen LogP contribution >= 0.6 is 11.8 Å². The molecular formula is C14H22N2O3S. The van der Waals surface area contributed by atoms with Gasteiger partial charge in [-0.2, -0.15) is 0 Å². The molecule has 3 aliphatic rings. The van der Waals surface area contributed by atoms with E-state index in [2.05, 4.69) is 13.8 Å². The number of nitrogens with zero attached hydrogens (tertiary/aromatic N) is 2. The Morgan fingerprint density at radius 2 is 1.75 bits per heavy atom. The number of rotatable bonds is 2. The number of carbonyl (C=O) groups excluding carboxylic acids is 1. The number of thioether (sulfide) groups is 1. The molecule has 5 nitrogen and oxygen atoms in total. The van der Waals surface area contributed by atoms with Gasteiger partial charge in [-0.05, 0) is 30.6 Å². The predicted molar refractivity (Wildman–Crippen MR) is 77.5 cm³/mol. The number of carbonyl (C=O) groups is 2. The first-order valence-electron chi connectivity index (χ1n) is 7.40. The lowest BCUT2D eigenvalue weighted by Crippen LogP contribution is -2.51. The Bertz CT molecular complexity index is 417. The van der Waals surface area contributed by atoms with Crippen molar-refractivity contribution in [1.82, 2.24) is 9.80 Å². The summed E-state index contributed by atoms with van der Waals surface area (Å²) in [5.41, 5.74) is 0. The third-order valence-corrected chi connectivity index (χ3v) is 6.29. The summed E-state index contributed by atoms with van der Waals surface area (Å²) in [6, 6.07) is -0.709. The Morgan fingerprint density at radius 3 is 2.25 bits per heavy atom. The fraction of sp³-hybridized carbons (Fsp3) is 0.857. The Labute approximate surface area is 123 Å². The third-order valence-electron chi connectivity index (χ3n) is 4.82. The molecule has 2 saturated heterocycles. The molecule has 1 N–H and O–H groups in total. The van der Waals surface area contributed by atoms with E-state index >= 15 is 0 Å². The quantitative estimate of drug-likeness (QED) is 0.846. The number of likely N-dealkylation sites (tertiary alicyclic amines) is 1. The fourth-order valence-electron chi connectivity index (χ4n) is 3.15. The van der Waals surface area contributed by atoms with Crippen molar-refractivity contribution < 1.29 is 14.7 Å². The number of hydrogen-bond donors (Lipinski definition) is 1. The standard InChI is InChI=1S/C14H22N2O3S/c1-8-5-15(6-9(8)2)14(19)16-11(13(17)18)7-20-12(16)10-3-4-10/h8-12H,3-7H2,1-2H3,(H,17,18). The zero-order chi connectivity index (χ0) is 14.4. The first-order chi connectivity index (χ1) is 9.49. The Morgan fingerprint density at radius 1 is 1.15 bits per heavy atom. The number of carboxylic acid groups (broad SMARTS) is 1. The van der Waals surface area contributed by atoms with Crippen molar-refractivity contribution in [3.05, 3.63) is 0 Å². The molecule has 0 aromatic carbocycles. The number of carboxylic acids is 1. The van der Waals surface area contributed by atoms with Crippen LogP contribution in [0.5, 0.6) is 0 Å². The van der Waals surface area contributed by atoms with Gasteiger partial charge in [-0.1, -0.05) is 13.8 Å². The average Bonchev–Trinajstić information content (AvgIpc) is 3.05. The summed E-state index contributed by atoms with van der Waals surface area (Å²) in [6.45, 7) is 5.82. The molecule has 0 bridgehead atoms. The highest BCUT2D eigenvalue weighted by Gasteiger charge is 2.49. The summed E-state index contributed by atoms with van der Waals surface area (Å²) in [6.07, 6.45) is 2.25. The molecular weight excluding hydrogens is 276 g/mol. The molecule has 20 heavy (non-hydrogen) atoms. The zero-order valence-corrected chi connectivity index (χ0v) is 12.8. The van der Waals surface area contributed by atoms with Crippen molar-refractivity contribution in [1.29, 1.82) is 0 Å². The minimum Gasteiger partial charge on any atom is -0.480 e. The topological polar surface area (TPSA) is 60.9 Å². The molecule has 0 spiro atoms. The maximum atomic E-state index is 12.8. The van der Waals surface area contributed by atoms with E-state index in [1.807, 2.05) is 4.90 Å². The van der Waals surface area contributed by atoms with Crippen LogP contribution < -0.4 is 0 Å². The van der Waals surface area contributed by atoms with E-state index in [1.54, 1.807) is 16.7 Å². The van der Waals surface area contributed by atoms with Crippen LogP contribution in [0, 0.1) is 17.8 Å². The molecule has 1 saturated carbocycles. The van der Waals surface area contributed by atoms with Crippen molar-refractivity contribution >= 4 is 23.8 Å². The third kappa shape index (κ3) is 2.38. The van der Waals surface area contributed by atoms with Crippen LogP contribution in [-0.2, 0) is 4.79 Å². The summed E-state index contributed by atoms with van der Waals surface area (Å²) in [5.74, 6) is 1.16.